The van der Waals surface area contributed by atoms with E-state index in [1.807, 2.05) is 18.2 Å². The predicted octanol–water partition coefficient (Wildman–Crippen LogP) is 4.44. The summed E-state index contributed by atoms with van der Waals surface area (Å²) < 4.78 is 0. The van der Waals surface area contributed by atoms with Crippen molar-refractivity contribution in [2.75, 3.05) is 5.75 Å². The molecule has 0 spiro atoms. The van der Waals surface area contributed by atoms with Crippen LogP contribution in [0.1, 0.15) is 43.1 Å². The Kier molecular flexibility index (Phi) is 5.86. The fraction of sp³-hybridized carbons (Fsp3) is 0.333. The fourth-order valence-electron chi connectivity index (χ4n) is 1.58. The highest BCUT2D eigenvalue weighted by Gasteiger charge is 2.19. The zero-order valence-corrected chi connectivity index (χ0v) is 11.9. The molecule has 1 aliphatic rings. The minimum Gasteiger partial charge on any atom is -0.297 e. The van der Waals surface area contributed by atoms with Gasteiger partial charge in [-0.1, -0.05) is 45.4 Å². The summed E-state index contributed by atoms with van der Waals surface area (Å²) in [5.74, 6) is 0.807. The van der Waals surface area contributed by atoms with E-state index in [0.29, 0.717) is 5.56 Å². The van der Waals surface area contributed by atoms with Crippen LogP contribution in [0.3, 0.4) is 0 Å². The second-order valence-electron chi connectivity index (χ2n) is 3.93. The van der Waals surface area contributed by atoms with Crippen LogP contribution < -0.4 is 0 Å². The summed E-state index contributed by atoms with van der Waals surface area (Å²) in [6, 6.07) is 5.68. The second-order valence-corrected chi connectivity index (χ2v) is 5.24. The number of hydrogen-bond acceptors (Lipinski definition) is 3. The van der Waals surface area contributed by atoms with Gasteiger partial charge in [-0.25, -0.2) is 0 Å². The molecule has 0 heterocycles. The van der Waals surface area contributed by atoms with E-state index in [0.717, 1.165) is 16.2 Å². The zero-order chi connectivity index (χ0) is 13.5. The molecule has 0 saturated carbocycles. The van der Waals surface area contributed by atoms with Gasteiger partial charge in [0.05, 0.1) is 0 Å². The van der Waals surface area contributed by atoms with E-state index in [2.05, 4.69) is 20.8 Å². The van der Waals surface area contributed by atoms with E-state index in [-0.39, 0.29) is 11.5 Å². The van der Waals surface area contributed by atoms with Crippen LogP contribution in [0.5, 0.6) is 0 Å². The Hall–Kier alpha value is -1.35. The molecule has 0 unspecified atom stereocenters. The highest BCUT2D eigenvalue weighted by Crippen LogP contribution is 2.29. The summed E-state index contributed by atoms with van der Waals surface area (Å²) in [5, 5.41) is 7.45. The Labute approximate surface area is 113 Å². The Morgan fingerprint density at radius 3 is 2.44 bits per heavy atom. The van der Waals surface area contributed by atoms with Crippen molar-refractivity contribution in [1.29, 1.82) is 5.41 Å². The molecule has 0 aromatic heterocycles. The third-order valence-electron chi connectivity index (χ3n) is 2.27. The van der Waals surface area contributed by atoms with Gasteiger partial charge >= 0.3 is 0 Å². The molecule has 2 rings (SSSR count). The number of carbonyl (C=O) groups excluding carboxylic acids is 1. The summed E-state index contributed by atoms with van der Waals surface area (Å²) >= 11 is 1.72. The quantitative estimate of drug-likeness (QED) is 0.799. The topological polar surface area (TPSA) is 40.9 Å². The van der Waals surface area contributed by atoms with Crippen molar-refractivity contribution in [3.63, 3.8) is 0 Å². The van der Waals surface area contributed by atoms with Gasteiger partial charge in [0.15, 0.2) is 0 Å². The van der Waals surface area contributed by atoms with Crippen LogP contribution in [-0.4, -0.2) is 17.2 Å². The van der Waals surface area contributed by atoms with Crippen molar-refractivity contribution in [2.45, 2.75) is 32.1 Å². The molecule has 0 atom stereocenters. The van der Waals surface area contributed by atoms with Gasteiger partial charge in [-0.2, -0.15) is 0 Å². The summed E-state index contributed by atoms with van der Waals surface area (Å²) in [4.78, 5) is 12.8. The number of rotatable bonds is 2. The van der Waals surface area contributed by atoms with Gasteiger partial charge in [0, 0.05) is 10.5 Å². The summed E-state index contributed by atoms with van der Waals surface area (Å²) in [5.41, 5.74) is 1.69. The van der Waals surface area contributed by atoms with E-state index >= 15 is 0 Å². The smallest absolute Gasteiger partial charge is 0.211 e. The molecule has 18 heavy (non-hydrogen) atoms. The van der Waals surface area contributed by atoms with Crippen molar-refractivity contribution in [3.8, 4) is 0 Å². The van der Waals surface area contributed by atoms with Gasteiger partial charge in [-0.3, -0.25) is 10.2 Å². The van der Waals surface area contributed by atoms with E-state index in [4.69, 9.17) is 5.41 Å². The molecule has 0 amide bonds. The lowest BCUT2D eigenvalue weighted by molar-refractivity contribution is 0.106. The lowest BCUT2D eigenvalue weighted by Gasteiger charge is -2.13. The Morgan fingerprint density at radius 2 is 1.83 bits per heavy atom. The maximum atomic E-state index is 11.7. The number of hydrogen-bond donors (Lipinski definition) is 1. The Bertz CT molecular complexity index is 477. The zero-order valence-electron chi connectivity index (χ0n) is 11.1. The van der Waals surface area contributed by atoms with Gasteiger partial charge in [-0.05, 0) is 23.5 Å². The first-order valence-electron chi connectivity index (χ1n) is 6.22. The van der Waals surface area contributed by atoms with Crippen LogP contribution in [0, 0.1) is 5.41 Å². The van der Waals surface area contributed by atoms with E-state index in [1.165, 1.54) is 6.42 Å². The molecule has 1 aliphatic carbocycles. The third kappa shape index (κ3) is 3.33. The first-order valence-corrected chi connectivity index (χ1v) is 7.21. The second kappa shape index (κ2) is 7.17. The number of benzene rings is 1. The first kappa shape index (κ1) is 14.7. The molecule has 0 bridgehead atoms. The normalized spacial score (nSPS) is 12.8. The lowest BCUT2D eigenvalue weighted by atomic mass is 9.95. The Morgan fingerprint density at radius 1 is 1.17 bits per heavy atom. The van der Waals surface area contributed by atoms with Crippen molar-refractivity contribution in [1.82, 2.24) is 0 Å². The van der Waals surface area contributed by atoms with Crippen LogP contribution in [0.4, 0.5) is 0 Å². The lowest BCUT2D eigenvalue weighted by Crippen LogP contribution is -2.15. The molecule has 0 aliphatic heterocycles. The number of carbonyl (C=O) groups is 1. The molecule has 1 aromatic carbocycles. The SMILES string of the molecule is CCC.CCSc1cccc2c1C=CC(=N)C2=O. The maximum absolute atomic E-state index is 11.7. The fourth-order valence-corrected chi connectivity index (χ4v) is 2.40. The number of thioether (sulfide) groups is 1. The molecule has 96 valence electrons. The summed E-state index contributed by atoms with van der Waals surface area (Å²) in [7, 11) is 0. The molecule has 0 fully saturated rings. The van der Waals surface area contributed by atoms with Crippen LogP contribution in [0.25, 0.3) is 6.08 Å². The minimum absolute atomic E-state index is 0.0705. The average molecular weight is 261 g/mol. The number of nitrogens with one attached hydrogen (secondary N) is 1. The summed E-state index contributed by atoms with van der Waals surface area (Å²) in [6.07, 6.45) is 4.68. The highest BCUT2D eigenvalue weighted by molar-refractivity contribution is 7.99. The molecule has 2 nitrogen and oxygen atoms in total. The van der Waals surface area contributed by atoms with Crippen LogP contribution in [-0.2, 0) is 0 Å². The van der Waals surface area contributed by atoms with Crippen molar-refractivity contribution < 1.29 is 4.79 Å². The molecule has 0 radical (unpaired) electrons. The van der Waals surface area contributed by atoms with E-state index in [9.17, 15) is 4.79 Å². The van der Waals surface area contributed by atoms with Crippen molar-refractivity contribution in [2.24, 2.45) is 0 Å². The number of ketones is 1. The molecule has 3 heteroatoms. The largest absolute Gasteiger partial charge is 0.297 e. The average Bonchev–Trinajstić information content (AvgIpc) is 2.36. The number of fused-ring (bicyclic) bond motifs is 1. The van der Waals surface area contributed by atoms with Gasteiger partial charge < -0.3 is 0 Å². The monoisotopic (exact) mass is 261 g/mol. The summed E-state index contributed by atoms with van der Waals surface area (Å²) in [6.45, 7) is 6.33. The van der Waals surface area contributed by atoms with Crippen LogP contribution in [0.15, 0.2) is 29.2 Å². The number of Topliss-reactive ketones (excluding diaryl/α,β-unsaturated/α-hetero) is 1. The standard InChI is InChI=1S/C12H11NOS.C3H8/c1-2-15-11-5-3-4-9-8(11)6-7-10(13)12(9)14;1-3-2/h3-7,13H,2H2,1H3;3H2,1-2H3. The Balaban J connectivity index is 0.000000492. The molecule has 0 saturated heterocycles. The van der Waals surface area contributed by atoms with Crippen molar-refractivity contribution >= 4 is 29.3 Å². The minimum atomic E-state index is -0.175. The van der Waals surface area contributed by atoms with Crippen LogP contribution in [0.2, 0.25) is 0 Å². The maximum Gasteiger partial charge on any atom is 0.211 e. The molecular weight excluding hydrogens is 242 g/mol. The molecule has 1 N–H and O–H groups in total. The molecule has 1 aromatic rings. The first-order chi connectivity index (χ1) is 8.65. The van der Waals surface area contributed by atoms with Crippen molar-refractivity contribution in [3.05, 3.63) is 35.4 Å². The predicted molar refractivity (Wildman–Crippen MR) is 79.9 cm³/mol. The van der Waals surface area contributed by atoms with Gasteiger partial charge in [0.2, 0.25) is 5.78 Å². The van der Waals surface area contributed by atoms with Gasteiger partial charge in [0.1, 0.15) is 5.71 Å². The van der Waals surface area contributed by atoms with E-state index < -0.39 is 0 Å². The van der Waals surface area contributed by atoms with Gasteiger partial charge in [-0.15, -0.1) is 11.8 Å². The van der Waals surface area contributed by atoms with Gasteiger partial charge in [0.25, 0.3) is 0 Å². The highest BCUT2D eigenvalue weighted by atomic mass is 32.2. The third-order valence-corrected chi connectivity index (χ3v) is 3.23. The number of allylic oxidation sites excluding steroid dienone is 1. The van der Waals surface area contributed by atoms with Crippen LogP contribution >= 0.6 is 11.8 Å². The van der Waals surface area contributed by atoms with E-state index in [1.54, 1.807) is 23.9 Å². The molecular formula is C15H19NOS.